The van der Waals surface area contributed by atoms with Crippen LogP contribution in [0.25, 0.3) is 22.1 Å². The summed E-state index contributed by atoms with van der Waals surface area (Å²) in [6.07, 6.45) is 6.83. The van der Waals surface area contributed by atoms with E-state index in [1.54, 1.807) is 0 Å². The highest BCUT2D eigenvalue weighted by atomic mass is 32.2. The van der Waals surface area contributed by atoms with Gasteiger partial charge in [-0.05, 0) is 61.9 Å². The van der Waals surface area contributed by atoms with Crippen LogP contribution in [0.5, 0.6) is 0 Å². The molecule has 0 saturated carbocycles. The van der Waals surface area contributed by atoms with Crippen molar-refractivity contribution in [3.63, 3.8) is 0 Å². The molecular weight excluding hydrogens is 480 g/mol. The molecule has 0 amide bonds. The molecule has 1 saturated heterocycles. The first kappa shape index (κ1) is 26.1. The molecular formula is C25H38N4O4SSi. The van der Waals surface area contributed by atoms with E-state index in [-0.39, 0.29) is 6.61 Å². The molecule has 10 heteroatoms. The minimum Gasteiger partial charge on any atom is -0.361 e. The monoisotopic (exact) mass is 518 g/mol. The number of nitrogens with zero attached hydrogens (tertiary/aromatic N) is 4. The minimum absolute atomic E-state index is 0.274. The molecule has 0 bridgehead atoms. The summed E-state index contributed by atoms with van der Waals surface area (Å²) in [6.45, 7) is 10.5. The molecule has 0 N–H and O–H groups in total. The molecule has 0 aliphatic carbocycles. The Balaban J connectivity index is 1.44. The van der Waals surface area contributed by atoms with Gasteiger partial charge in [0.1, 0.15) is 23.8 Å². The number of rotatable bonds is 11. The number of hydrogen-bond donors (Lipinski definition) is 0. The van der Waals surface area contributed by atoms with Crippen molar-refractivity contribution in [2.75, 3.05) is 37.5 Å². The third kappa shape index (κ3) is 7.03. The van der Waals surface area contributed by atoms with E-state index < -0.39 is 18.2 Å². The van der Waals surface area contributed by atoms with Gasteiger partial charge in [0.15, 0.2) is 0 Å². The highest BCUT2D eigenvalue weighted by Crippen LogP contribution is 2.30. The summed E-state index contributed by atoms with van der Waals surface area (Å²) in [5.41, 5.74) is 1.83. The van der Waals surface area contributed by atoms with Crippen LogP contribution >= 0.6 is 0 Å². The van der Waals surface area contributed by atoms with Crippen molar-refractivity contribution in [1.29, 1.82) is 0 Å². The molecule has 0 atom stereocenters. The number of ether oxygens (including phenoxy) is 1. The summed E-state index contributed by atoms with van der Waals surface area (Å²) >= 11 is 0. The predicted octanol–water partition coefficient (Wildman–Crippen LogP) is 4.87. The van der Waals surface area contributed by atoms with Gasteiger partial charge in [-0.3, -0.25) is 8.75 Å². The van der Waals surface area contributed by atoms with Crippen LogP contribution in [0.1, 0.15) is 25.7 Å². The molecule has 0 spiro atoms. The third-order valence-electron chi connectivity index (χ3n) is 6.66. The van der Waals surface area contributed by atoms with E-state index in [2.05, 4.69) is 52.3 Å². The zero-order valence-electron chi connectivity index (χ0n) is 21.4. The Hall–Kier alpha value is -2.01. The highest BCUT2D eigenvalue weighted by molar-refractivity contribution is 7.85. The van der Waals surface area contributed by atoms with Crippen molar-refractivity contribution in [1.82, 2.24) is 14.5 Å². The van der Waals surface area contributed by atoms with E-state index in [4.69, 9.17) is 13.9 Å². The van der Waals surface area contributed by atoms with E-state index in [9.17, 15) is 8.42 Å². The van der Waals surface area contributed by atoms with Gasteiger partial charge < -0.3 is 9.64 Å². The lowest BCUT2D eigenvalue weighted by molar-refractivity contribution is 0.0922. The van der Waals surface area contributed by atoms with Crippen molar-refractivity contribution in [2.24, 2.45) is 5.92 Å². The standard InChI is InChI=1S/C25H38N4O4SSi/c1-34(30,31)33-16-6-7-20-11-14-28(15-12-20)23-10-9-22-21-8-5-13-26-24(21)29(25(22)27-23)19-32-17-18-35(2,3)4/h5,8-10,13,20H,6-7,11-12,14-19H2,1-4H3. The Bertz CT molecular complexity index is 1250. The highest BCUT2D eigenvalue weighted by Gasteiger charge is 2.22. The van der Waals surface area contributed by atoms with Gasteiger partial charge in [0.2, 0.25) is 0 Å². The van der Waals surface area contributed by atoms with Crippen LogP contribution in [0.15, 0.2) is 30.5 Å². The molecule has 0 radical (unpaired) electrons. The molecule has 35 heavy (non-hydrogen) atoms. The molecule has 1 aliphatic rings. The molecule has 192 valence electrons. The second kappa shape index (κ2) is 10.9. The lowest BCUT2D eigenvalue weighted by Crippen LogP contribution is -2.34. The topological polar surface area (TPSA) is 86.5 Å². The number of fused-ring (bicyclic) bond motifs is 3. The second-order valence-corrected chi connectivity index (χ2v) is 18.1. The minimum atomic E-state index is -3.35. The van der Waals surface area contributed by atoms with E-state index in [1.807, 2.05) is 12.3 Å². The summed E-state index contributed by atoms with van der Waals surface area (Å²) in [6, 6.07) is 9.48. The average molecular weight is 519 g/mol. The maximum Gasteiger partial charge on any atom is 0.264 e. The maximum atomic E-state index is 11.1. The molecule has 3 aromatic heterocycles. The van der Waals surface area contributed by atoms with Gasteiger partial charge in [0.25, 0.3) is 10.1 Å². The number of pyridine rings is 2. The van der Waals surface area contributed by atoms with E-state index in [0.717, 1.165) is 85.6 Å². The van der Waals surface area contributed by atoms with Crippen LogP contribution in [0, 0.1) is 5.92 Å². The Morgan fingerprint density at radius 3 is 2.51 bits per heavy atom. The van der Waals surface area contributed by atoms with Gasteiger partial charge in [0, 0.05) is 44.7 Å². The van der Waals surface area contributed by atoms with Crippen LogP contribution in [0.3, 0.4) is 0 Å². The van der Waals surface area contributed by atoms with Crippen LogP contribution in [-0.2, 0) is 25.8 Å². The van der Waals surface area contributed by atoms with Crippen LogP contribution in [-0.4, -0.2) is 63.6 Å². The summed E-state index contributed by atoms with van der Waals surface area (Å²) in [5.74, 6) is 1.58. The number of anilines is 1. The quantitative estimate of drug-likeness (QED) is 0.203. The molecule has 1 aliphatic heterocycles. The van der Waals surface area contributed by atoms with Gasteiger partial charge in [-0.1, -0.05) is 19.6 Å². The fourth-order valence-corrected chi connectivity index (χ4v) is 5.82. The first-order valence-corrected chi connectivity index (χ1v) is 18.0. The largest absolute Gasteiger partial charge is 0.361 e. The van der Waals surface area contributed by atoms with Gasteiger partial charge in [0.05, 0.1) is 12.9 Å². The lowest BCUT2D eigenvalue weighted by Gasteiger charge is -2.33. The second-order valence-electron chi connectivity index (χ2n) is 10.8. The lowest BCUT2D eigenvalue weighted by atomic mass is 9.92. The summed E-state index contributed by atoms with van der Waals surface area (Å²) in [7, 11) is -4.50. The van der Waals surface area contributed by atoms with Gasteiger partial charge >= 0.3 is 0 Å². The summed E-state index contributed by atoms with van der Waals surface area (Å²) < 4.78 is 35.3. The Morgan fingerprint density at radius 2 is 1.80 bits per heavy atom. The van der Waals surface area contributed by atoms with E-state index >= 15 is 0 Å². The molecule has 4 rings (SSSR count). The third-order valence-corrected chi connectivity index (χ3v) is 8.96. The van der Waals surface area contributed by atoms with E-state index in [1.165, 1.54) is 0 Å². The molecule has 8 nitrogen and oxygen atoms in total. The first-order valence-electron chi connectivity index (χ1n) is 12.5. The van der Waals surface area contributed by atoms with Gasteiger partial charge in [-0.2, -0.15) is 8.42 Å². The predicted molar refractivity (Wildman–Crippen MR) is 144 cm³/mol. The number of hydrogen-bond acceptors (Lipinski definition) is 7. The SMILES string of the molecule is C[Si](C)(C)CCOCn1c2ncccc2c2ccc(N3CCC(CCCOS(C)(=O)=O)CC3)nc21. The maximum absolute atomic E-state index is 11.1. The van der Waals surface area contributed by atoms with Gasteiger partial charge in [-0.25, -0.2) is 9.97 Å². The molecule has 3 aromatic rings. The average Bonchev–Trinajstić information content (AvgIpc) is 3.12. The smallest absolute Gasteiger partial charge is 0.264 e. The van der Waals surface area contributed by atoms with Gasteiger partial charge in [-0.15, -0.1) is 0 Å². The Kier molecular flexibility index (Phi) is 8.15. The molecule has 1 fully saturated rings. The Morgan fingerprint density at radius 1 is 1.06 bits per heavy atom. The fraction of sp³-hybridized carbons (Fsp3) is 0.600. The summed E-state index contributed by atoms with van der Waals surface area (Å²) in [4.78, 5) is 12.1. The molecule has 0 unspecified atom stereocenters. The van der Waals surface area contributed by atoms with Crippen LogP contribution in [0.2, 0.25) is 25.7 Å². The number of piperidine rings is 1. The number of aromatic nitrogens is 3. The normalized spacial score (nSPS) is 15.9. The van der Waals surface area contributed by atoms with Crippen molar-refractivity contribution in [3.8, 4) is 0 Å². The molecule has 0 aromatic carbocycles. The summed E-state index contributed by atoms with van der Waals surface area (Å²) in [5, 5.41) is 2.21. The first-order chi connectivity index (χ1) is 16.6. The van der Waals surface area contributed by atoms with Crippen LogP contribution in [0.4, 0.5) is 5.82 Å². The fourth-order valence-electron chi connectivity index (χ4n) is 4.64. The van der Waals surface area contributed by atoms with Crippen LogP contribution < -0.4 is 4.90 Å². The van der Waals surface area contributed by atoms with Crippen molar-refractivity contribution in [2.45, 2.75) is 58.1 Å². The van der Waals surface area contributed by atoms with Crippen molar-refractivity contribution in [3.05, 3.63) is 30.5 Å². The van der Waals surface area contributed by atoms with Crippen molar-refractivity contribution < 1.29 is 17.3 Å². The van der Waals surface area contributed by atoms with Crippen molar-refractivity contribution >= 4 is 46.1 Å². The molecule has 4 heterocycles. The van der Waals surface area contributed by atoms with E-state index in [0.29, 0.717) is 12.6 Å². The zero-order valence-corrected chi connectivity index (χ0v) is 23.2. The zero-order chi connectivity index (χ0) is 25.1. The Labute approximate surface area is 209 Å².